The van der Waals surface area contributed by atoms with Gasteiger partial charge in [0.05, 0.1) is 11.4 Å². The molecule has 7 heteroatoms. The first-order valence-corrected chi connectivity index (χ1v) is 10.1. The number of rotatable bonds is 4. The van der Waals surface area contributed by atoms with Gasteiger partial charge >= 0.3 is 0 Å². The number of carbonyl (C=O) groups is 1. The van der Waals surface area contributed by atoms with Gasteiger partial charge in [-0.25, -0.2) is 9.37 Å². The molecule has 3 aromatic carbocycles. The molecule has 148 valence electrons. The number of benzene rings is 3. The fraction of sp³-hybridized carbons (Fsp3) is 0.0435. The van der Waals surface area contributed by atoms with Gasteiger partial charge in [0.1, 0.15) is 10.8 Å². The van der Waals surface area contributed by atoms with Crippen molar-refractivity contribution in [2.24, 2.45) is 0 Å². The molecule has 5 rings (SSSR count). The molecule has 30 heavy (non-hydrogen) atoms. The molecule has 0 saturated carbocycles. The van der Waals surface area contributed by atoms with Crippen molar-refractivity contribution in [3.05, 3.63) is 83.5 Å². The van der Waals surface area contributed by atoms with Gasteiger partial charge in [0, 0.05) is 22.1 Å². The van der Waals surface area contributed by atoms with Crippen molar-refractivity contribution in [1.82, 2.24) is 4.98 Å². The van der Waals surface area contributed by atoms with Crippen molar-refractivity contribution in [2.75, 3.05) is 12.1 Å². The molecule has 4 aromatic rings. The first-order valence-electron chi connectivity index (χ1n) is 9.20. The van der Waals surface area contributed by atoms with E-state index in [0.29, 0.717) is 39.0 Å². The van der Waals surface area contributed by atoms with E-state index in [1.807, 2.05) is 29.6 Å². The van der Waals surface area contributed by atoms with E-state index in [2.05, 4.69) is 10.3 Å². The predicted molar refractivity (Wildman–Crippen MR) is 113 cm³/mol. The number of fused-ring (bicyclic) bond motifs is 1. The summed E-state index contributed by atoms with van der Waals surface area (Å²) >= 11 is 1.35. The molecule has 1 aromatic heterocycles. The van der Waals surface area contributed by atoms with Crippen molar-refractivity contribution in [3.8, 4) is 33.3 Å². The monoisotopic (exact) mass is 418 g/mol. The Balaban J connectivity index is 1.44. The number of nitrogens with zero attached hydrogens (tertiary/aromatic N) is 1. The highest BCUT2D eigenvalue weighted by Gasteiger charge is 2.18. The number of hydrogen-bond donors (Lipinski definition) is 1. The molecule has 0 fully saturated rings. The molecule has 0 aliphatic carbocycles. The second-order valence-electron chi connectivity index (χ2n) is 6.59. The lowest BCUT2D eigenvalue weighted by atomic mass is 10.1. The normalized spacial score (nSPS) is 12.0. The zero-order chi connectivity index (χ0) is 20.5. The number of aromatic nitrogens is 1. The van der Waals surface area contributed by atoms with Gasteiger partial charge < -0.3 is 14.8 Å². The van der Waals surface area contributed by atoms with Crippen molar-refractivity contribution in [2.45, 2.75) is 0 Å². The molecule has 0 bridgehead atoms. The highest BCUT2D eigenvalue weighted by Crippen LogP contribution is 2.35. The summed E-state index contributed by atoms with van der Waals surface area (Å²) in [5.74, 6) is 0.577. The lowest BCUT2D eigenvalue weighted by Gasteiger charge is -2.10. The van der Waals surface area contributed by atoms with Crippen LogP contribution in [0.2, 0.25) is 0 Å². The van der Waals surface area contributed by atoms with E-state index in [0.717, 1.165) is 5.56 Å². The van der Waals surface area contributed by atoms with Crippen molar-refractivity contribution in [1.29, 1.82) is 0 Å². The van der Waals surface area contributed by atoms with E-state index >= 15 is 0 Å². The number of carbonyl (C=O) groups excluding carboxylic acids is 1. The largest absolute Gasteiger partial charge is 0.454 e. The van der Waals surface area contributed by atoms with Gasteiger partial charge in [0.25, 0.3) is 5.91 Å². The van der Waals surface area contributed by atoms with Gasteiger partial charge in [-0.3, -0.25) is 4.79 Å². The predicted octanol–water partition coefficient (Wildman–Crippen LogP) is 5.60. The lowest BCUT2D eigenvalue weighted by molar-refractivity contribution is 0.102. The van der Waals surface area contributed by atoms with Gasteiger partial charge in [-0.2, -0.15) is 0 Å². The highest BCUT2D eigenvalue weighted by molar-refractivity contribution is 7.13. The molecule has 2 heterocycles. The van der Waals surface area contributed by atoms with Crippen LogP contribution < -0.4 is 14.8 Å². The van der Waals surface area contributed by atoms with Gasteiger partial charge in [-0.05, 0) is 36.4 Å². The number of nitrogens with one attached hydrogen (secondary N) is 1. The van der Waals surface area contributed by atoms with E-state index in [4.69, 9.17) is 9.47 Å². The number of para-hydroxylation sites is 1. The highest BCUT2D eigenvalue weighted by atomic mass is 32.1. The maximum absolute atomic E-state index is 14.1. The topological polar surface area (TPSA) is 60.5 Å². The average Bonchev–Trinajstić information content (AvgIpc) is 3.43. The minimum atomic E-state index is -0.317. The lowest BCUT2D eigenvalue weighted by Crippen LogP contribution is -2.12. The summed E-state index contributed by atoms with van der Waals surface area (Å²) in [6, 6.07) is 19.0. The molecule has 0 saturated heterocycles. The third-order valence-electron chi connectivity index (χ3n) is 4.69. The molecular formula is C23H15FN2O3S. The molecule has 1 N–H and O–H groups in total. The molecule has 1 amide bonds. The smallest absolute Gasteiger partial charge is 0.255 e. The molecule has 1 aliphatic heterocycles. The summed E-state index contributed by atoms with van der Waals surface area (Å²) in [4.78, 5) is 17.4. The number of anilines is 1. The number of amides is 1. The molecule has 0 spiro atoms. The van der Waals surface area contributed by atoms with Crippen LogP contribution in [0.4, 0.5) is 10.1 Å². The Morgan fingerprint density at radius 2 is 1.73 bits per heavy atom. The van der Waals surface area contributed by atoms with Gasteiger partial charge in [0.2, 0.25) is 6.79 Å². The SMILES string of the molecule is O=C(Nc1ccccc1-c1csc(-c2ccccc2F)n1)c1ccc2c(c1)OCO2. The van der Waals surface area contributed by atoms with E-state index < -0.39 is 0 Å². The maximum Gasteiger partial charge on any atom is 0.255 e. The van der Waals surface area contributed by atoms with E-state index in [1.54, 1.807) is 36.4 Å². The first-order chi connectivity index (χ1) is 14.7. The Morgan fingerprint density at radius 3 is 2.60 bits per heavy atom. The summed E-state index contributed by atoms with van der Waals surface area (Å²) < 4.78 is 24.7. The Hall–Kier alpha value is -3.71. The molecule has 1 aliphatic rings. The van der Waals surface area contributed by atoms with Crippen molar-refractivity contribution >= 4 is 22.9 Å². The second-order valence-corrected chi connectivity index (χ2v) is 7.44. The van der Waals surface area contributed by atoms with Crippen LogP contribution >= 0.6 is 11.3 Å². The molecular weight excluding hydrogens is 403 g/mol. The average molecular weight is 418 g/mol. The first kappa shape index (κ1) is 18.3. The Labute approximate surface area is 175 Å². The van der Waals surface area contributed by atoms with Crippen LogP contribution in [0.25, 0.3) is 21.8 Å². The Morgan fingerprint density at radius 1 is 0.967 bits per heavy atom. The number of halogens is 1. The van der Waals surface area contributed by atoms with Crippen LogP contribution in [0.3, 0.4) is 0 Å². The Bertz CT molecular complexity index is 1250. The van der Waals surface area contributed by atoms with Gasteiger partial charge in [-0.1, -0.05) is 30.3 Å². The Kier molecular flexibility index (Phi) is 4.65. The van der Waals surface area contributed by atoms with Crippen LogP contribution in [0.15, 0.2) is 72.1 Å². The molecule has 0 atom stereocenters. The zero-order valence-electron chi connectivity index (χ0n) is 15.6. The summed E-state index contributed by atoms with van der Waals surface area (Å²) in [5, 5.41) is 5.37. The third kappa shape index (κ3) is 3.40. The standard InChI is InChI=1S/C23H15FN2O3S/c24-17-7-3-1-5-15(17)23-26-19(12-30-23)16-6-2-4-8-18(16)25-22(27)14-9-10-20-21(11-14)29-13-28-20/h1-12H,13H2,(H,25,27). The van der Waals surface area contributed by atoms with E-state index in [1.165, 1.54) is 17.4 Å². The number of hydrogen-bond acceptors (Lipinski definition) is 5. The fourth-order valence-electron chi connectivity index (χ4n) is 3.20. The molecule has 5 nitrogen and oxygen atoms in total. The van der Waals surface area contributed by atoms with Gasteiger partial charge in [0.15, 0.2) is 11.5 Å². The minimum Gasteiger partial charge on any atom is -0.454 e. The summed E-state index contributed by atoms with van der Waals surface area (Å²) in [6.45, 7) is 0.150. The molecule has 0 unspecified atom stereocenters. The fourth-order valence-corrected chi connectivity index (χ4v) is 4.05. The molecule has 0 radical (unpaired) electrons. The quantitative estimate of drug-likeness (QED) is 0.469. The van der Waals surface area contributed by atoms with Crippen LogP contribution in [-0.4, -0.2) is 17.7 Å². The number of ether oxygens (including phenoxy) is 2. The minimum absolute atomic E-state index is 0.150. The van der Waals surface area contributed by atoms with Crippen LogP contribution in [0, 0.1) is 5.82 Å². The third-order valence-corrected chi connectivity index (χ3v) is 5.57. The van der Waals surface area contributed by atoms with Crippen LogP contribution in [0.1, 0.15) is 10.4 Å². The second kappa shape index (κ2) is 7.61. The van der Waals surface area contributed by atoms with E-state index in [9.17, 15) is 9.18 Å². The maximum atomic E-state index is 14.1. The van der Waals surface area contributed by atoms with Crippen LogP contribution in [0.5, 0.6) is 11.5 Å². The summed E-state index contributed by atoms with van der Waals surface area (Å²) in [7, 11) is 0. The summed E-state index contributed by atoms with van der Waals surface area (Å²) in [6.07, 6.45) is 0. The van der Waals surface area contributed by atoms with Gasteiger partial charge in [-0.15, -0.1) is 11.3 Å². The summed E-state index contributed by atoms with van der Waals surface area (Å²) in [5.41, 5.74) is 2.95. The van der Waals surface area contributed by atoms with Crippen molar-refractivity contribution < 1.29 is 18.7 Å². The zero-order valence-corrected chi connectivity index (χ0v) is 16.4. The van der Waals surface area contributed by atoms with E-state index in [-0.39, 0.29) is 18.5 Å². The number of thiazole rings is 1. The van der Waals surface area contributed by atoms with Crippen LogP contribution in [-0.2, 0) is 0 Å². The van der Waals surface area contributed by atoms with Crippen molar-refractivity contribution in [3.63, 3.8) is 0 Å².